The van der Waals surface area contributed by atoms with E-state index < -0.39 is 15.9 Å². The minimum Gasteiger partial charge on any atom is -0.339 e. The van der Waals surface area contributed by atoms with Gasteiger partial charge in [-0.2, -0.15) is 0 Å². The Morgan fingerprint density at radius 1 is 1.00 bits per heavy atom. The molecule has 0 saturated heterocycles. The van der Waals surface area contributed by atoms with Gasteiger partial charge < -0.3 is 16.0 Å². The normalized spacial score (nSPS) is 12.2. The molecule has 1 atom stereocenters. The third-order valence-corrected chi connectivity index (χ3v) is 4.90. The van der Waals surface area contributed by atoms with E-state index in [2.05, 4.69) is 16.0 Å². The van der Waals surface area contributed by atoms with Gasteiger partial charge in [-0.05, 0) is 43.4 Å². The average molecular weight is 486 g/mol. The van der Waals surface area contributed by atoms with Gasteiger partial charge in [0, 0.05) is 5.56 Å². The third-order valence-electron chi connectivity index (χ3n) is 3.39. The van der Waals surface area contributed by atoms with E-state index in [-0.39, 0.29) is 5.11 Å². The number of aryl methyl sites for hydroxylation is 1. The molecule has 0 aromatic heterocycles. The van der Waals surface area contributed by atoms with Crippen LogP contribution in [0.3, 0.4) is 0 Å². The van der Waals surface area contributed by atoms with Gasteiger partial charge in [0.15, 0.2) is 5.11 Å². The van der Waals surface area contributed by atoms with Gasteiger partial charge in [0.1, 0.15) is 6.17 Å². The Bertz CT molecular complexity index is 819. The molecule has 144 valence electrons. The number of amides is 1. The zero-order valence-corrected chi connectivity index (χ0v) is 18.4. The van der Waals surface area contributed by atoms with Crippen molar-refractivity contribution >= 4 is 86.9 Å². The molecular formula is C17H14Cl5N3OS. The molecule has 0 aliphatic rings. The number of hydrogen-bond acceptors (Lipinski definition) is 2. The molecule has 3 N–H and O–H groups in total. The van der Waals surface area contributed by atoms with Gasteiger partial charge in [-0.3, -0.25) is 4.79 Å². The van der Waals surface area contributed by atoms with Crippen LogP contribution in [-0.4, -0.2) is 21.0 Å². The van der Waals surface area contributed by atoms with Crippen LogP contribution in [0.5, 0.6) is 0 Å². The van der Waals surface area contributed by atoms with E-state index in [1.165, 1.54) is 0 Å². The van der Waals surface area contributed by atoms with Crippen LogP contribution in [0.25, 0.3) is 0 Å². The van der Waals surface area contributed by atoms with Crippen molar-refractivity contribution in [1.29, 1.82) is 0 Å². The zero-order chi connectivity index (χ0) is 20.2. The minimum atomic E-state index is -1.88. The molecular weight excluding hydrogens is 472 g/mol. The number of carbonyl (C=O) groups is 1. The van der Waals surface area contributed by atoms with Crippen molar-refractivity contribution < 1.29 is 4.79 Å². The Morgan fingerprint density at radius 2 is 1.56 bits per heavy atom. The second-order valence-corrected chi connectivity index (χ2v) is 9.10. The fourth-order valence-corrected chi connectivity index (χ4v) is 3.06. The smallest absolute Gasteiger partial charge is 0.252 e. The largest absolute Gasteiger partial charge is 0.339 e. The van der Waals surface area contributed by atoms with Crippen LogP contribution in [0.4, 0.5) is 5.69 Å². The number of halogens is 5. The topological polar surface area (TPSA) is 53.2 Å². The maximum Gasteiger partial charge on any atom is 0.252 e. The summed E-state index contributed by atoms with van der Waals surface area (Å²) in [4.78, 5) is 12.4. The highest BCUT2D eigenvalue weighted by molar-refractivity contribution is 7.80. The summed E-state index contributed by atoms with van der Waals surface area (Å²) >= 11 is 35.3. The summed E-state index contributed by atoms with van der Waals surface area (Å²) in [6.07, 6.45) is -1.11. The lowest BCUT2D eigenvalue weighted by Gasteiger charge is -2.28. The Kier molecular flexibility index (Phi) is 7.86. The molecule has 0 radical (unpaired) electrons. The molecule has 0 fully saturated rings. The standard InChI is InChI=1S/C17H14Cl5N3OS/c1-9-5-7-10(8-6-9)14(26)24-15(17(20,21)22)25-16(27)23-13-11(18)3-2-4-12(13)19/h2-8,15H,1H3,(H,24,26)(H2,23,25,27)/t15-/m1/s1. The van der Waals surface area contributed by atoms with Gasteiger partial charge in [-0.25, -0.2) is 0 Å². The van der Waals surface area contributed by atoms with E-state index in [0.29, 0.717) is 21.3 Å². The number of carbonyl (C=O) groups excluding carboxylic acids is 1. The van der Waals surface area contributed by atoms with Gasteiger partial charge in [0.25, 0.3) is 5.91 Å². The van der Waals surface area contributed by atoms with Gasteiger partial charge in [0.2, 0.25) is 3.79 Å². The van der Waals surface area contributed by atoms with Crippen molar-refractivity contribution in [2.75, 3.05) is 5.32 Å². The second-order valence-electron chi connectivity index (χ2n) is 5.51. The number of hydrogen-bond donors (Lipinski definition) is 3. The first-order valence-electron chi connectivity index (χ1n) is 7.53. The lowest BCUT2D eigenvalue weighted by Crippen LogP contribution is -2.56. The predicted molar refractivity (Wildman–Crippen MR) is 119 cm³/mol. The highest BCUT2D eigenvalue weighted by atomic mass is 35.6. The number of anilines is 1. The van der Waals surface area contributed by atoms with Crippen LogP contribution in [-0.2, 0) is 0 Å². The summed E-state index contributed by atoms with van der Waals surface area (Å²) in [6, 6.07) is 11.9. The first-order chi connectivity index (χ1) is 12.6. The molecule has 27 heavy (non-hydrogen) atoms. The van der Waals surface area contributed by atoms with Crippen LogP contribution >= 0.6 is 70.2 Å². The molecule has 2 rings (SSSR count). The quantitative estimate of drug-likeness (QED) is 0.295. The van der Waals surface area contributed by atoms with Gasteiger partial charge in [-0.15, -0.1) is 0 Å². The maximum absolute atomic E-state index is 12.4. The van der Waals surface area contributed by atoms with E-state index in [1.807, 2.05) is 6.92 Å². The summed E-state index contributed by atoms with van der Waals surface area (Å²) in [7, 11) is 0. The summed E-state index contributed by atoms with van der Waals surface area (Å²) in [5, 5.41) is 8.96. The number of para-hydroxylation sites is 1. The van der Waals surface area contributed by atoms with Crippen LogP contribution in [0, 0.1) is 6.92 Å². The Hall–Kier alpha value is -0.950. The highest BCUT2D eigenvalue weighted by Gasteiger charge is 2.35. The maximum atomic E-state index is 12.4. The molecule has 0 spiro atoms. The lowest BCUT2D eigenvalue weighted by molar-refractivity contribution is 0.0934. The average Bonchev–Trinajstić information content (AvgIpc) is 2.57. The van der Waals surface area contributed by atoms with Crippen LogP contribution < -0.4 is 16.0 Å². The number of benzene rings is 2. The molecule has 0 bridgehead atoms. The first-order valence-corrected chi connectivity index (χ1v) is 9.83. The van der Waals surface area contributed by atoms with Crippen molar-refractivity contribution in [2.24, 2.45) is 0 Å². The number of alkyl halides is 3. The van der Waals surface area contributed by atoms with Crippen LogP contribution in [0.1, 0.15) is 15.9 Å². The predicted octanol–water partition coefficient (Wildman–Crippen LogP) is 5.71. The van der Waals surface area contributed by atoms with E-state index in [4.69, 9.17) is 70.2 Å². The molecule has 0 aliphatic carbocycles. The summed E-state index contributed by atoms with van der Waals surface area (Å²) < 4.78 is -1.88. The molecule has 4 nitrogen and oxygen atoms in total. The van der Waals surface area contributed by atoms with Gasteiger partial charge >= 0.3 is 0 Å². The lowest BCUT2D eigenvalue weighted by atomic mass is 10.1. The highest BCUT2D eigenvalue weighted by Crippen LogP contribution is 2.31. The fraction of sp³-hybridized carbons (Fsp3) is 0.176. The van der Waals surface area contributed by atoms with E-state index >= 15 is 0 Å². The van der Waals surface area contributed by atoms with E-state index in [1.54, 1.807) is 42.5 Å². The van der Waals surface area contributed by atoms with Crippen molar-refractivity contribution in [1.82, 2.24) is 10.6 Å². The minimum absolute atomic E-state index is 0.0607. The molecule has 1 amide bonds. The molecule has 0 saturated carbocycles. The zero-order valence-electron chi connectivity index (χ0n) is 13.8. The molecule has 0 heterocycles. The van der Waals surface area contributed by atoms with E-state index in [0.717, 1.165) is 5.56 Å². The molecule has 2 aromatic rings. The first kappa shape index (κ1) is 22.3. The van der Waals surface area contributed by atoms with E-state index in [9.17, 15) is 4.79 Å². The summed E-state index contributed by atoms with van der Waals surface area (Å²) in [6.45, 7) is 1.91. The number of nitrogens with one attached hydrogen (secondary N) is 3. The molecule has 2 aromatic carbocycles. The summed E-state index contributed by atoms with van der Waals surface area (Å²) in [5.41, 5.74) is 1.82. The Morgan fingerprint density at radius 3 is 2.07 bits per heavy atom. The Balaban J connectivity index is 2.11. The van der Waals surface area contributed by atoms with Crippen LogP contribution in [0.2, 0.25) is 10.0 Å². The molecule has 0 aliphatic heterocycles. The third kappa shape index (κ3) is 6.56. The summed E-state index contributed by atoms with van der Waals surface area (Å²) in [5.74, 6) is -0.433. The molecule has 10 heteroatoms. The number of thiocarbonyl (C=S) groups is 1. The second kappa shape index (κ2) is 9.50. The van der Waals surface area contributed by atoms with Crippen LogP contribution in [0.15, 0.2) is 42.5 Å². The van der Waals surface area contributed by atoms with Gasteiger partial charge in [-0.1, -0.05) is 81.8 Å². The van der Waals surface area contributed by atoms with Crippen molar-refractivity contribution in [3.63, 3.8) is 0 Å². The Labute approximate surface area is 187 Å². The monoisotopic (exact) mass is 483 g/mol. The fourth-order valence-electron chi connectivity index (χ4n) is 2.02. The number of rotatable bonds is 4. The van der Waals surface area contributed by atoms with Crippen molar-refractivity contribution in [3.8, 4) is 0 Å². The molecule has 0 unspecified atom stereocenters. The van der Waals surface area contributed by atoms with Crippen molar-refractivity contribution in [2.45, 2.75) is 16.9 Å². The van der Waals surface area contributed by atoms with Gasteiger partial charge in [0.05, 0.1) is 15.7 Å². The van der Waals surface area contributed by atoms with Crippen molar-refractivity contribution in [3.05, 3.63) is 63.6 Å². The SMILES string of the molecule is Cc1ccc(C(=O)N[C@H](NC(=S)Nc2c(Cl)cccc2Cl)C(Cl)(Cl)Cl)cc1.